The molecule has 0 aromatic heterocycles. The largest absolute Gasteiger partial charge is 0.377 e. The van der Waals surface area contributed by atoms with Crippen LogP contribution < -0.4 is 10.2 Å². The number of anilines is 1. The molecule has 1 N–H and O–H groups in total. The first-order valence-electron chi connectivity index (χ1n) is 6.53. The van der Waals surface area contributed by atoms with Crippen molar-refractivity contribution in [2.45, 2.75) is 24.5 Å². The molecule has 1 atom stereocenters. The molecule has 0 aliphatic carbocycles. The Morgan fingerprint density at radius 1 is 1.39 bits per heavy atom. The quantitative estimate of drug-likeness (QED) is 0.866. The number of methoxy groups -OCH3 is 1. The van der Waals surface area contributed by atoms with Crippen LogP contribution in [0.2, 0.25) is 0 Å². The lowest BCUT2D eigenvalue weighted by atomic mass is 9.73. The molecule has 0 bridgehead atoms. The van der Waals surface area contributed by atoms with Crippen LogP contribution >= 0.6 is 0 Å². The molecule has 2 aliphatic heterocycles. The fourth-order valence-electron chi connectivity index (χ4n) is 3.33. The van der Waals surface area contributed by atoms with Crippen LogP contribution in [0, 0.1) is 5.82 Å². The van der Waals surface area contributed by atoms with E-state index in [-0.39, 0.29) is 17.5 Å². The third-order valence-electron chi connectivity index (χ3n) is 4.36. The molecule has 0 radical (unpaired) electrons. The summed E-state index contributed by atoms with van der Waals surface area (Å²) in [7, 11) is 1.78. The predicted molar refractivity (Wildman–Crippen MR) is 69.4 cm³/mol. The Balaban J connectivity index is 1.88. The van der Waals surface area contributed by atoms with E-state index in [0.717, 1.165) is 38.2 Å². The molecule has 2 fully saturated rings. The summed E-state index contributed by atoms with van der Waals surface area (Å²) in [6.07, 6.45) is 2.38. The van der Waals surface area contributed by atoms with Gasteiger partial charge in [0.2, 0.25) is 0 Å². The van der Waals surface area contributed by atoms with E-state index in [9.17, 15) is 4.39 Å². The summed E-state index contributed by atoms with van der Waals surface area (Å²) < 4.78 is 19.0. The zero-order valence-corrected chi connectivity index (χ0v) is 10.7. The van der Waals surface area contributed by atoms with Gasteiger partial charge in [-0.1, -0.05) is 6.07 Å². The van der Waals surface area contributed by atoms with E-state index >= 15 is 0 Å². The SMILES string of the molecule is COC1CN(c2cccc(F)c2)C12CCNCC2. The lowest BCUT2D eigenvalue weighted by Crippen LogP contribution is -2.74. The minimum absolute atomic E-state index is 0.0633. The van der Waals surface area contributed by atoms with Crippen LogP contribution in [0.15, 0.2) is 24.3 Å². The van der Waals surface area contributed by atoms with Gasteiger partial charge in [-0.25, -0.2) is 4.39 Å². The minimum Gasteiger partial charge on any atom is -0.377 e. The van der Waals surface area contributed by atoms with Gasteiger partial charge in [0.25, 0.3) is 0 Å². The molecule has 98 valence electrons. The molecule has 1 aromatic carbocycles. The smallest absolute Gasteiger partial charge is 0.125 e. The third-order valence-corrected chi connectivity index (χ3v) is 4.36. The number of nitrogens with one attached hydrogen (secondary N) is 1. The maximum Gasteiger partial charge on any atom is 0.125 e. The molecular weight excluding hydrogens is 231 g/mol. The molecule has 4 heteroatoms. The molecule has 2 saturated heterocycles. The zero-order valence-electron chi connectivity index (χ0n) is 10.7. The lowest BCUT2D eigenvalue weighted by molar-refractivity contribution is -0.0310. The molecule has 3 rings (SSSR count). The molecule has 3 nitrogen and oxygen atoms in total. The first-order chi connectivity index (χ1) is 8.76. The van der Waals surface area contributed by atoms with E-state index in [1.165, 1.54) is 6.07 Å². The van der Waals surface area contributed by atoms with Crippen molar-refractivity contribution in [2.75, 3.05) is 31.6 Å². The topological polar surface area (TPSA) is 24.5 Å². The average molecular weight is 250 g/mol. The highest BCUT2D eigenvalue weighted by Crippen LogP contribution is 2.43. The summed E-state index contributed by atoms with van der Waals surface area (Å²) in [6, 6.07) is 6.88. The van der Waals surface area contributed by atoms with Crippen molar-refractivity contribution in [1.82, 2.24) is 5.32 Å². The Hall–Kier alpha value is -1.13. The Morgan fingerprint density at radius 3 is 2.83 bits per heavy atom. The number of hydrogen-bond donors (Lipinski definition) is 1. The highest BCUT2D eigenvalue weighted by molar-refractivity contribution is 5.54. The van der Waals surface area contributed by atoms with E-state index in [4.69, 9.17) is 4.74 Å². The van der Waals surface area contributed by atoms with Crippen molar-refractivity contribution in [3.63, 3.8) is 0 Å². The molecular formula is C14H19FN2O. The van der Waals surface area contributed by atoms with Gasteiger partial charge in [-0.05, 0) is 44.1 Å². The Kier molecular flexibility index (Phi) is 2.99. The van der Waals surface area contributed by atoms with Gasteiger partial charge in [-0.15, -0.1) is 0 Å². The summed E-state index contributed by atoms with van der Waals surface area (Å²) in [5.41, 5.74) is 1.04. The summed E-state index contributed by atoms with van der Waals surface area (Å²) in [4.78, 5) is 2.31. The summed E-state index contributed by atoms with van der Waals surface area (Å²) in [5, 5.41) is 3.38. The number of halogens is 1. The third kappa shape index (κ3) is 1.71. The summed E-state index contributed by atoms with van der Waals surface area (Å²) >= 11 is 0. The van der Waals surface area contributed by atoms with Crippen LogP contribution in [-0.2, 0) is 4.74 Å². The van der Waals surface area contributed by atoms with Gasteiger partial charge in [0.05, 0.1) is 11.6 Å². The number of ether oxygens (including phenoxy) is 1. The molecule has 2 aliphatic rings. The van der Waals surface area contributed by atoms with Crippen molar-refractivity contribution in [3.05, 3.63) is 30.1 Å². The number of hydrogen-bond acceptors (Lipinski definition) is 3. The average Bonchev–Trinajstić information content (AvgIpc) is 2.39. The molecule has 1 unspecified atom stereocenters. The van der Waals surface area contributed by atoms with Crippen LogP contribution in [0.25, 0.3) is 0 Å². The molecule has 1 aromatic rings. The normalized spacial score (nSPS) is 26.1. The van der Waals surface area contributed by atoms with Crippen molar-refractivity contribution in [1.29, 1.82) is 0 Å². The van der Waals surface area contributed by atoms with Gasteiger partial charge in [0, 0.05) is 19.3 Å². The maximum atomic E-state index is 13.4. The summed E-state index contributed by atoms with van der Waals surface area (Å²) in [6.45, 7) is 2.87. The van der Waals surface area contributed by atoms with E-state index in [1.807, 2.05) is 6.07 Å². The Bertz CT molecular complexity index is 432. The minimum atomic E-state index is -0.169. The van der Waals surface area contributed by atoms with Gasteiger partial charge in [-0.3, -0.25) is 0 Å². The van der Waals surface area contributed by atoms with E-state index < -0.39 is 0 Å². The van der Waals surface area contributed by atoms with Gasteiger partial charge in [0.15, 0.2) is 0 Å². The van der Waals surface area contributed by atoms with E-state index in [2.05, 4.69) is 10.2 Å². The number of nitrogens with zero attached hydrogens (tertiary/aromatic N) is 1. The van der Waals surface area contributed by atoms with Crippen LogP contribution in [0.4, 0.5) is 10.1 Å². The second-order valence-corrected chi connectivity index (χ2v) is 5.17. The zero-order chi connectivity index (χ0) is 12.6. The van der Waals surface area contributed by atoms with Crippen LogP contribution in [-0.4, -0.2) is 38.4 Å². The second-order valence-electron chi connectivity index (χ2n) is 5.17. The molecule has 18 heavy (non-hydrogen) atoms. The molecule has 2 heterocycles. The molecule has 0 saturated carbocycles. The predicted octanol–water partition coefficient (Wildman–Crippen LogP) is 1.78. The van der Waals surface area contributed by atoms with Gasteiger partial charge in [-0.2, -0.15) is 0 Å². The molecule has 1 spiro atoms. The van der Waals surface area contributed by atoms with Crippen LogP contribution in [0.3, 0.4) is 0 Å². The van der Waals surface area contributed by atoms with Crippen LogP contribution in [0.1, 0.15) is 12.8 Å². The number of rotatable bonds is 2. The number of piperidine rings is 1. The lowest BCUT2D eigenvalue weighted by Gasteiger charge is -2.61. The van der Waals surface area contributed by atoms with Crippen molar-refractivity contribution >= 4 is 5.69 Å². The van der Waals surface area contributed by atoms with E-state index in [0.29, 0.717) is 0 Å². The van der Waals surface area contributed by atoms with Gasteiger partial charge < -0.3 is 15.0 Å². The maximum absolute atomic E-state index is 13.4. The fraction of sp³-hybridized carbons (Fsp3) is 0.571. The Morgan fingerprint density at radius 2 is 2.17 bits per heavy atom. The first kappa shape index (κ1) is 11.9. The Labute approximate surface area is 107 Å². The van der Waals surface area contributed by atoms with Crippen molar-refractivity contribution in [3.8, 4) is 0 Å². The van der Waals surface area contributed by atoms with Gasteiger partial charge >= 0.3 is 0 Å². The van der Waals surface area contributed by atoms with Crippen molar-refractivity contribution in [2.24, 2.45) is 0 Å². The monoisotopic (exact) mass is 250 g/mol. The first-order valence-corrected chi connectivity index (χ1v) is 6.53. The van der Waals surface area contributed by atoms with E-state index in [1.54, 1.807) is 19.2 Å². The second kappa shape index (κ2) is 4.52. The standard InChI is InChI=1S/C14H19FN2O/c1-18-13-10-17(12-4-2-3-11(15)9-12)14(13)5-7-16-8-6-14/h2-4,9,13,16H,5-8,10H2,1H3. The van der Waals surface area contributed by atoms with Crippen LogP contribution in [0.5, 0.6) is 0 Å². The molecule has 0 amide bonds. The van der Waals surface area contributed by atoms with Crippen molar-refractivity contribution < 1.29 is 9.13 Å². The summed E-state index contributed by atoms with van der Waals surface area (Å²) in [5.74, 6) is -0.169. The van der Waals surface area contributed by atoms with Gasteiger partial charge in [0.1, 0.15) is 5.82 Å². The fourth-order valence-corrected chi connectivity index (χ4v) is 3.33. The number of benzene rings is 1. The highest BCUT2D eigenvalue weighted by atomic mass is 19.1. The highest BCUT2D eigenvalue weighted by Gasteiger charge is 2.54.